The summed E-state index contributed by atoms with van der Waals surface area (Å²) in [4.78, 5) is 8.30. The van der Waals surface area contributed by atoms with Gasteiger partial charge in [-0.05, 0) is 93.9 Å². The average Bonchev–Trinajstić information content (AvgIpc) is 3.00. The van der Waals surface area contributed by atoms with E-state index in [9.17, 15) is 0 Å². The maximum Gasteiger partial charge on any atom is 0.137 e. The molecule has 1 aromatic carbocycles. The van der Waals surface area contributed by atoms with E-state index in [1.54, 1.807) is 19.3 Å². The molecule has 4 saturated carbocycles. The molecule has 6 rings (SSSR count). The molecule has 4 aliphatic carbocycles. The van der Waals surface area contributed by atoms with Crippen molar-refractivity contribution in [1.29, 1.82) is 0 Å². The van der Waals surface area contributed by atoms with Crippen LogP contribution in [0.5, 0.6) is 0 Å². The number of nitrogens with zero attached hydrogens (tertiary/aromatic N) is 1. The maximum absolute atomic E-state index is 4.69. The van der Waals surface area contributed by atoms with Crippen LogP contribution in [-0.2, 0) is 6.42 Å². The summed E-state index contributed by atoms with van der Waals surface area (Å²) < 4.78 is 0. The second-order valence-corrected chi connectivity index (χ2v) is 9.49. The molecular weight excluding hydrogens is 304 g/mol. The van der Waals surface area contributed by atoms with Gasteiger partial charge in [0.15, 0.2) is 0 Å². The molecule has 0 radical (unpaired) electrons. The Labute approximate surface area is 151 Å². The standard InChI is InChI=1S/C23H30N2/c1-15-3-4-21(16(2)7-15)22-24-14-20(25-22)5-6-23-11-17-8-18(12-23)10-19(9-17)13-23/h3-4,7,14,17-19H,5-6,8-13H2,1-2H3,(H,24,25). The molecular formula is C23H30N2. The molecule has 2 heteroatoms. The first kappa shape index (κ1) is 15.7. The summed E-state index contributed by atoms with van der Waals surface area (Å²) in [5.41, 5.74) is 5.86. The smallest absolute Gasteiger partial charge is 0.137 e. The van der Waals surface area contributed by atoms with E-state index in [0.29, 0.717) is 5.41 Å². The van der Waals surface area contributed by atoms with Crippen LogP contribution in [0.3, 0.4) is 0 Å². The van der Waals surface area contributed by atoms with Gasteiger partial charge in [-0.25, -0.2) is 4.98 Å². The van der Waals surface area contributed by atoms with E-state index < -0.39 is 0 Å². The van der Waals surface area contributed by atoms with Crippen molar-refractivity contribution in [3.05, 3.63) is 41.2 Å². The minimum Gasteiger partial charge on any atom is -0.342 e. The van der Waals surface area contributed by atoms with Crippen LogP contribution < -0.4 is 0 Å². The highest BCUT2D eigenvalue weighted by Crippen LogP contribution is 2.61. The second kappa shape index (κ2) is 5.72. The van der Waals surface area contributed by atoms with E-state index in [2.05, 4.69) is 48.2 Å². The van der Waals surface area contributed by atoms with Gasteiger partial charge in [0.1, 0.15) is 5.82 Å². The second-order valence-electron chi connectivity index (χ2n) is 9.49. The number of aromatic nitrogens is 2. The molecule has 2 nitrogen and oxygen atoms in total. The Morgan fingerprint density at radius 1 is 1.04 bits per heavy atom. The molecule has 1 heterocycles. The van der Waals surface area contributed by atoms with Crippen LogP contribution in [0.1, 0.15) is 61.8 Å². The van der Waals surface area contributed by atoms with Gasteiger partial charge in [-0.1, -0.05) is 23.8 Å². The molecule has 132 valence electrons. The number of aromatic amines is 1. The van der Waals surface area contributed by atoms with Crippen molar-refractivity contribution >= 4 is 0 Å². The Balaban J connectivity index is 1.30. The molecule has 0 amide bonds. The monoisotopic (exact) mass is 334 g/mol. The van der Waals surface area contributed by atoms with Gasteiger partial charge < -0.3 is 4.98 Å². The van der Waals surface area contributed by atoms with Gasteiger partial charge >= 0.3 is 0 Å². The van der Waals surface area contributed by atoms with Gasteiger partial charge in [-0.3, -0.25) is 0 Å². The topological polar surface area (TPSA) is 28.7 Å². The first-order valence-corrected chi connectivity index (χ1v) is 10.2. The lowest BCUT2D eigenvalue weighted by molar-refractivity contribution is -0.0570. The summed E-state index contributed by atoms with van der Waals surface area (Å²) in [5, 5.41) is 0. The van der Waals surface area contributed by atoms with Crippen LogP contribution in [0.25, 0.3) is 11.4 Å². The summed E-state index contributed by atoms with van der Waals surface area (Å²) in [7, 11) is 0. The van der Waals surface area contributed by atoms with E-state index in [0.717, 1.165) is 23.6 Å². The lowest BCUT2D eigenvalue weighted by Gasteiger charge is -2.57. The molecule has 4 fully saturated rings. The highest BCUT2D eigenvalue weighted by Gasteiger charge is 2.50. The highest BCUT2D eigenvalue weighted by molar-refractivity contribution is 5.60. The minimum atomic E-state index is 0.666. The van der Waals surface area contributed by atoms with Gasteiger partial charge in [0.25, 0.3) is 0 Å². The predicted molar refractivity (Wildman–Crippen MR) is 102 cm³/mol. The zero-order chi connectivity index (χ0) is 17.0. The third kappa shape index (κ3) is 2.84. The van der Waals surface area contributed by atoms with E-state index >= 15 is 0 Å². The Kier molecular flexibility index (Phi) is 3.59. The number of H-pyrrole nitrogens is 1. The van der Waals surface area contributed by atoms with Crippen LogP contribution in [0.15, 0.2) is 24.4 Å². The third-order valence-electron chi connectivity index (χ3n) is 7.36. The van der Waals surface area contributed by atoms with E-state index in [1.807, 2.05) is 0 Å². The van der Waals surface area contributed by atoms with E-state index in [-0.39, 0.29) is 0 Å². The highest BCUT2D eigenvalue weighted by atomic mass is 14.9. The van der Waals surface area contributed by atoms with Crippen LogP contribution in [0, 0.1) is 37.0 Å². The summed E-state index contributed by atoms with van der Waals surface area (Å²) in [6.07, 6.45) is 13.8. The van der Waals surface area contributed by atoms with Crippen LogP contribution in [0.4, 0.5) is 0 Å². The molecule has 0 spiro atoms. The maximum atomic E-state index is 4.69. The van der Waals surface area contributed by atoms with Crippen LogP contribution >= 0.6 is 0 Å². The lowest BCUT2D eigenvalue weighted by atomic mass is 9.48. The fourth-order valence-electron chi connectivity index (χ4n) is 6.70. The number of imidazole rings is 1. The van der Waals surface area contributed by atoms with Crippen molar-refractivity contribution in [2.45, 2.75) is 65.2 Å². The normalized spacial score (nSPS) is 33.1. The van der Waals surface area contributed by atoms with Crippen LogP contribution in [0.2, 0.25) is 0 Å². The van der Waals surface area contributed by atoms with E-state index in [4.69, 9.17) is 0 Å². The Morgan fingerprint density at radius 3 is 2.36 bits per heavy atom. The molecule has 0 saturated heterocycles. The first-order valence-electron chi connectivity index (χ1n) is 10.2. The van der Waals surface area contributed by atoms with Crippen molar-refractivity contribution in [2.75, 3.05) is 0 Å². The SMILES string of the molecule is Cc1ccc(-c2ncc(CCC34CC5CC(CC(C5)C3)C4)[nH]2)c(C)c1. The zero-order valence-corrected chi connectivity index (χ0v) is 15.6. The van der Waals surface area contributed by atoms with Gasteiger partial charge in [-0.15, -0.1) is 0 Å². The molecule has 4 bridgehead atoms. The Morgan fingerprint density at radius 2 is 1.72 bits per heavy atom. The predicted octanol–water partition coefficient (Wildman–Crippen LogP) is 5.84. The van der Waals surface area contributed by atoms with Crippen molar-refractivity contribution in [2.24, 2.45) is 23.2 Å². The minimum absolute atomic E-state index is 0.666. The Hall–Kier alpha value is -1.57. The van der Waals surface area contributed by atoms with Crippen molar-refractivity contribution < 1.29 is 0 Å². The molecule has 0 aliphatic heterocycles. The summed E-state index contributed by atoms with van der Waals surface area (Å²) in [6, 6.07) is 6.62. The summed E-state index contributed by atoms with van der Waals surface area (Å²) in [5.74, 6) is 4.20. The van der Waals surface area contributed by atoms with Gasteiger partial charge in [0.05, 0.1) is 0 Å². The molecule has 4 aliphatic rings. The number of hydrogen-bond acceptors (Lipinski definition) is 1. The largest absolute Gasteiger partial charge is 0.342 e. The molecule has 0 unspecified atom stereocenters. The Bertz CT molecular complexity index is 750. The number of nitrogens with one attached hydrogen (secondary N) is 1. The molecule has 2 aromatic rings. The van der Waals surface area contributed by atoms with Crippen molar-refractivity contribution in [3.63, 3.8) is 0 Å². The van der Waals surface area contributed by atoms with Crippen LogP contribution in [-0.4, -0.2) is 9.97 Å². The number of aryl methyl sites for hydroxylation is 3. The van der Waals surface area contributed by atoms with Crippen molar-refractivity contribution in [3.8, 4) is 11.4 Å². The zero-order valence-electron chi connectivity index (χ0n) is 15.6. The third-order valence-corrected chi connectivity index (χ3v) is 7.36. The molecule has 1 N–H and O–H groups in total. The van der Waals surface area contributed by atoms with Gasteiger partial charge in [0.2, 0.25) is 0 Å². The fourth-order valence-corrected chi connectivity index (χ4v) is 6.70. The first-order chi connectivity index (χ1) is 12.1. The van der Waals surface area contributed by atoms with Crippen molar-refractivity contribution in [1.82, 2.24) is 9.97 Å². The summed E-state index contributed by atoms with van der Waals surface area (Å²) >= 11 is 0. The van der Waals surface area contributed by atoms with Gasteiger partial charge in [0, 0.05) is 17.5 Å². The average molecular weight is 335 g/mol. The molecule has 1 aromatic heterocycles. The summed E-state index contributed by atoms with van der Waals surface area (Å²) in [6.45, 7) is 4.33. The number of benzene rings is 1. The van der Waals surface area contributed by atoms with Gasteiger partial charge in [-0.2, -0.15) is 0 Å². The number of hydrogen-bond donors (Lipinski definition) is 1. The fraction of sp³-hybridized carbons (Fsp3) is 0.609. The molecule has 25 heavy (non-hydrogen) atoms. The lowest BCUT2D eigenvalue weighted by Crippen LogP contribution is -2.46. The number of rotatable bonds is 4. The van der Waals surface area contributed by atoms with E-state index in [1.165, 1.54) is 54.5 Å². The molecule has 0 atom stereocenters. The quantitative estimate of drug-likeness (QED) is 0.747.